The molecule has 0 fully saturated rings. The smallest absolute Gasteiger partial charge is 0.240 e. The van der Waals surface area contributed by atoms with E-state index in [0.717, 1.165) is 29.1 Å². The van der Waals surface area contributed by atoms with E-state index in [1.54, 1.807) is 6.07 Å². The number of rotatable bonds is 3. The molecule has 0 spiro atoms. The van der Waals surface area contributed by atoms with E-state index in [-0.39, 0.29) is 0 Å². The fourth-order valence-corrected chi connectivity index (χ4v) is 3.45. The molecular formula is C18H15FN2O2S2. The summed E-state index contributed by atoms with van der Waals surface area (Å²) in [5.74, 6) is -0.884. The Morgan fingerprint density at radius 3 is 2.32 bits per heavy atom. The highest BCUT2D eigenvalue weighted by atomic mass is 32.2. The van der Waals surface area contributed by atoms with Gasteiger partial charge in [0.15, 0.2) is 0 Å². The first-order chi connectivity index (χ1) is 11.8. The molecule has 0 radical (unpaired) electrons. The average molecular weight is 374 g/mol. The van der Waals surface area contributed by atoms with E-state index in [0.29, 0.717) is 16.0 Å². The molecule has 1 heterocycles. The quantitative estimate of drug-likeness (QED) is 0.685. The summed E-state index contributed by atoms with van der Waals surface area (Å²) in [5, 5.41) is 4.98. The number of aryl methyl sites for hydroxylation is 1. The first-order valence-electron chi connectivity index (χ1n) is 7.35. The highest BCUT2D eigenvalue weighted by Crippen LogP contribution is 2.31. The molecule has 0 unspecified atom stereocenters. The summed E-state index contributed by atoms with van der Waals surface area (Å²) < 4.78 is 36.6. The molecule has 0 atom stereocenters. The van der Waals surface area contributed by atoms with Gasteiger partial charge in [-0.25, -0.2) is 17.9 Å². The van der Waals surface area contributed by atoms with Gasteiger partial charge in [0.05, 0.1) is 5.69 Å². The predicted octanol–water partition coefficient (Wildman–Crippen LogP) is 3.80. The molecule has 2 N–H and O–H groups in total. The number of aromatic nitrogens is 1. The standard InChI is InChI=1S/C18H15FN2O2S2/c1-11-3-2-4-16(21-11)14-7-5-13(10-17(14)24)12-6-8-18(15(19)9-12)25(20,22)23/h2-10,24H,1H3,(H2,20,22,23). The average Bonchev–Trinajstić information content (AvgIpc) is 2.53. The third kappa shape index (κ3) is 3.73. The Hall–Kier alpha value is -2.22. The van der Waals surface area contributed by atoms with Crippen molar-refractivity contribution in [3.63, 3.8) is 0 Å². The molecule has 0 amide bonds. The maximum atomic E-state index is 14.0. The number of pyridine rings is 1. The van der Waals surface area contributed by atoms with Crippen LogP contribution in [0.2, 0.25) is 0 Å². The molecule has 128 valence electrons. The zero-order chi connectivity index (χ0) is 18.2. The van der Waals surface area contributed by atoms with Crippen LogP contribution < -0.4 is 5.14 Å². The molecule has 1 aromatic heterocycles. The molecule has 0 saturated carbocycles. The molecule has 0 aliphatic carbocycles. The van der Waals surface area contributed by atoms with Crippen molar-refractivity contribution in [2.24, 2.45) is 5.14 Å². The summed E-state index contributed by atoms with van der Waals surface area (Å²) in [6.45, 7) is 1.91. The lowest BCUT2D eigenvalue weighted by Crippen LogP contribution is -2.13. The lowest BCUT2D eigenvalue weighted by Gasteiger charge is -2.09. The van der Waals surface area contributed by atoms with Crippen molar-refractivity contribution in [1.82, 2.24) is 4.98 Å². The van der Waals surface area contributed by atoms with E-state index in [2.05, 4.69) is 17.6 Å². The van der Waals surface area contributed by atoms with Gasteiger partial charge in [0, 0.05) is 16.2 Å². The van der Waals surface area contributed by atoms with Crippen LogP contribution in [0, 0.1) is 12.7 Å². The fraction of sp³-hybridized carbons (Fsp3) is 0.0556. The second-order valence-electron chi connectivity index (χ2n) is 5.59. The highest BCUT2D eigenvalue weighted by molar-refractivity contribution is 7.89. The second-order valence-corrected chi connectivity index (χ2v) is 7.60. The Bertz CT molecular complexity index is 1070. The number of sulfonamides is 1. The van der Waals surface area contributed by atoms with Gasteiger partial charge < -0.3 is 0 Å². The number of nitrogens with zero attached hydrogens (tertiary/aromatic N) is 1. The monoisotopic (exact) mass is 374 g/mol. The van der Waals surface area contributed by atoms with Gasteiger partial charge in [0.1, 0.15) is 10.7 Å². The number of nitrogens with two attached hydrogens (primary N) is 1. The van der Waals surface area contributed by atoms with E-state index >= 15 is 0 Å². The Morgan fingerprint density at radius 2 is 1.72 bits per heavy atom. The molecule has 4 nitrogen and oxygen atoms in total. The van der Waals surface area contributed by atoms with Crippen LogP contribution in [0.5, 0.6) is 0 Å². The van der Waals surface area contributed by atoms with Gasteiger partial charge in [-0.1, -0.05) is 24.3 Å². The van der Waals surface area contributed by atoms with E-state index in [1.807, 2.05) is 37.3 Å². The zero-order valence-electron chi connectivity index (χ0n) is 13.3. The summed E-state index contributed by atoms with van der Waals surface area (Å²) in [5.41, 5.74) is 3.80. The lowest BCUT2D eigenvalue weighted by molar-refractivity contribution is 0.568. The minimum absolute atomic E-state index is 0.525. The van der Waals surface area contributed by atoms with Gasteiger partial charge in [0.2, 0.25) is 10.0 Å². The van der Waals surface area contributed by atoms with Gasteiger partial charge in [0.25, 0.3) is 0 Å². The number of hydrogen-bond donors (Lipinski definition) is 2. The lowest BCUT2D eigenvalue weighted by atomic mass is 10.0. The van der Waals surface area contributed by atoms with E-state index in [4.69, 9.17) is 5.14 Å². The SMILES string of the molecule is Cc1cccc(-c2ccc(-c3ccc(S(N)(=O)=O)c(F)c3)cc2S)n1. The summed E-state index contributed by atoms with van der Waals surface area (Å²) in [6.07, 6.45) is 0. The summed E-state index contributed by atoms with van der Waals surface area (Å²) in [7, 11) is -4.09. The van der Waals surface area contributed by atoms with Gasteiger partial charge in [-0.15, -0.1) is 12.6 Å². The van der Waals surface area contributed by atoms with Crippen LogP contribution in [0.15, 0.2) is 64.4 Å². The Balaban J connectivity index is 2.03. The van der Waals surface area contributed by atoms with Crippen molar-refractivity contribution >= 4 is 22.7 Å². The normalized spacial score (nSPS) is 11.5. The second kappa shape index (κ2) is 6.59. The van der Waals surface area contributed by atoms with Crippen molar-refractivity contribution in [2.45, 2.75) is 16.7 Å². The molecule has 7 heteroatoms. The van der Waals surface area contributed by atoms with Crippen molar-refractivity contribution in [3.8, 4) is 22.4 Å². The van der Waals surface area contributed by atoms with Crippen molar-refractivity contribution in [1.29, 1.82) is 0 Å². The Kier molecular flexibility index (Phi) is 4.64. The number of hydrogen-bond acceptors (Lipinski definition) is 4. The summed E-state index contributed by atoms with van der Waals surface area (Å²) in [4.78, 5) is 4.63. The molecular weight excluding hydrogens is 359 g/mol. The van der Waals surface area contributed by atoms with E-state index < -0.39 is 20.7 Å². The summed E-state index contributed by atoms with van der Waals surface area (Å²) in [6, 6.07) is 15.0. The van der Waals surface area contributed by atoms with Crippen LogP contribution in [-0.2, 0) is 10.0 Å². The van der Waals surface area contributed by atoms with Crippen LogP contribution in [0.25, 0.3) is 22.4 Å². The van der Waals surface area contributed by atoms with Crippen molar-refractivity contribution in [2.75, 3.05) is 0 Å². The van der Waals surface area contributed by atoms with Crippen LogP contribution in [0.1, 0.15) is 5.69 Å². The number of halogens is 1. The Morgan fingerprint density at radius 1 is 1.04 bits per heavy atom. The summed E-state index contributed by atoms with van der Waals surface area (Å²) >= 11 is 4.51. The molecule has 0 bridgehead atoms. The van der Waals surface area contributed by atoms with Crippen molar-refractivity contribution < 1.29 is 12.8 Å². The molecule has 0 saturated heterocycles. The third-order valence-electron chi connectivity index (χ3n) is 3.73. The minimum Gasteiger partial charge on any atom is -0.253 e. The Labute approximate surface area is 151 Å². The first-order valence-corrected chi connectivity index (χ1v) is 9.35. The van der Waals surface area contributed by atoms with Gasteiger partial charge in [-0.3, -0.25) is 4.98 Å². The predicted molar refractivity (Wildman–Crippen MR) is 98.4 cm³/mol. The molecule has 3 rings (SSSR count). The first kappa shape index (κ1) is 17.6. The number of primary sulfonamides is 1. The van der Waals surface area contributed by atoms with Crippen LogP contribution in [0.3, 0.4) is 0 Å². The van der Waals surface area contributed by atoms with Crippen LogP contribution in [0.4, 0.5) is 4.39 Å². The maximum Gasteiger partial charge on any atom is 0.240 e. The minimum atomic E-state index is -4.09. The van der Waals surface area contributed by atoms with Gasteiger partial charge in [-0.2, -0.15) is 0 Å². The number of thiol groups is 1. The maximum absolute atomic E-state index is 14.0. The van der Waals surface area contributed by atoms with Crippen LogP contribution in [-0.4, -0.2) is 13.4 Å². The van der Waals surface area contributed by atoms with Gasteiger partial charge in [-0.05, 0) is 48.4 Å². The molecule has 3 aromatic rings. The highest BCUT2D eigenvalue weighted by Gasteiger charge is 2.15. The molecule has 2 aromatic carbocycles. The van der Waals surface area contributed by atoms with Gasteiger partial charge >= 0.3 is 0 Å². The fourth-order valence-electron chi connectivity index (χ4n) is 2.53. The molecule has 0 aliphatic rings. The van der Waals surface area contributed by atoms with Crippen molar-refractivity contribution in [3.05, 3.63) is 66.1 Å². The molecule has 25 heavy (non-hydrogen) atoms. The largest absolute Gasteiger partial charge is 0.253 e. The zero-order valence-corrected chi connectivity index (χ0v) is 15.0. The van der Waals surface area contributed by atoms with E-state index in [1.165, 1.54) is 6.07 Å². The number of benzene rings is 2. The van der Waals surface area contributed by atoms with Crippen LogP contribution >= 0.6 is 12.6 Å². The molecule has 0 aliphatic heterocycles. The van der Waals surface area contributed by atoms with E-state index in [9.17, 15) is 12.8 Å². The third-order valence-corrected chi connectivity index (χ3v) is 5.05. The topological polar surface area (TPSA) is 73.1 Å².